The summed E-state index contributed by atoms with van der Waals surface area (Å²) in [5, 5.41) is 4.31. The van der Waals surface area contributed by atoms with E-state index in [1.54, 1.807) is 0 Å². The van der Waals surface area contributed by atoms with Gasteiger partial charge in [0, 0.05) is 23.9 Å². The summed E-state index contributed by atoms with van der Waals surface area (Å²) < 4.78 is 7.93. The first-order valence-electron chi connectivity index (χ1n) is 7.69. The van der Waals surface area contributed by atoms with Crippen LogP contribution < -0.4 is 0 Å². The van der Waals surface area contributed by atoms with E-state index >= 15 is 0 Å². The molecule has 5 heteroatoms. The van der Waals surface area contributed by atoms with E-state index in [1.807, 2.05) is 29.3 Å². The molecule has 0 aromatic carbocycles. The molecule has 1 fully saturated rings. The highest BCUT2D eigenvalue weighted by Gasteiger charge is 2.27. The minimum absolute atomic E-state index is 0.0186. The van der Waals surface area contributed by atoms with Crippen LogP contribution in [0, 0.1) is 0 Å². The van der Waals surface area contributed by atoms with Crippen molar-refractivity contribution in [3.8, 4) is 0 Å². The smallest absolute Gasteiger partial charge is 0.208 e. The van der Waals surface area contributed by atoms with Crippen molar-refractivity contribution in [2.24, 2.45) is 0 Å². The van der Waals surface area contributed by atoms with Gasteiger partial charge in [-0.15, -0.1) is 0 Å². The predicted molar refractivity (Wildman–Crippen MR) is 80.9 cm³/mol. The van der Waals surface area contributed by atoms with Crippen molar-refractivity contribution in [2.45, 2.75) is 58.2 Å². The Balaban J connectivity index is 1.64. The number of likely N-dealkylation sites (tertiary alicyclic amines) is 1. The van der Waals surface area contributed by atoms with E-state index < -0.39 is 0 Å². The van der Waals surface area contributed by atoms with Crippen LogP contribution in [0.5, 0.6) is 0 Å². The quantitative estimate of drug-likeness (QED) is 0.868. The lowest BCUT2D eigenvalue weighted by atomic mass is 9.94. The van der Waals surface area contributed by atoms with E-state index in [4.69, 9.17) is 4.42 Å². The van der Waals surface area contributed by atoms with Crippen LogP contribution in [-0.4, -0.2) is 32.3 Å². The molecule has 0 amide bonds. The molecule has 1 atom stereocenters. The third-order valence-electron chi connectivity index (χ3n) is 4.09. The lowest BCUT2D eigenvalue weighted by Crippen LogP contribution is -2.32. The van der Waals surface area contributed by atoms with Crippen LogP contribution in [0.2, 0.25) is 0 Å². The van der Waals surface area contributed by atoms with Crippen molar-refractivity contribution < 1.29 is 4.42 Å². The lowest BCUT2D eigenvalue weighted by molar-refractivity contribution is 0.196. The summed E-state index contributed by atoms with van der Waals surface area (Å²) in [7, 11) is 0. The summed E-state index contributed by atoms with van der Waals surface area (Å²) in [5.74, 6) is 1.78. The van der Waals surface area contributed by atoms with Crippen LogP contribution in [0.15, 0.2) is 29.1 Å². The van der Waals surface area contributed by atoms with E-state index in [0.717, 1.165) is 31.3 Å². The topological polar surface area (TPSA) is 47.1 Å². The molecule has 2 aromatic rings. The van der Waals surface area contributed by atoms with Gasteiger partial charge < -0.3 is 4.42 Å². The summed E-state index contributed by atoms with van der Waals surface area (Å²) in [6.45, 7) is 9.29. The molecule has 1 aliphatic rings. The molecule has 5 nitrogen and oxygen atoms in total. The molecule has 0 unspecified atom stereocenters. The molecule has 2 aromatic heterocycles. The van der Waals surface area contributed by atoms with Crippen molar-refractivity contribution in [3.05, 3.63) is 36.3 Å². The molecule has 0 aliphatic carbocycles. The van der Waals surface area contributed by atoms with Gasteiger partial charge in [-0.1, -0.05) is 20.8 Å². The average molecular weight is 288 g/mol. The molecule has 3 rings (SSSR count). The van der Waals surface area contributed by atoms with Crippen LogP contribution in [0.25, 0.3) is 0 Å². The molecule has 1 saturated heterocycles. The van der Waals surface area contributed by atoms with Gasteiger partial charge in [-0.05, 0) is 25.5 Å². The van der Waals surface area contributed by atoms with Crippen molar-refractivity contribution in [1.82, 2.24) is 19.7 Å². The number of hydrogen-bond donors (Lipinski definition) is 0. The van der Waals surface area contributed by atoms with Crippen LogP contribution in [0.1, 0.15) is 45.3 Å². The van der Waals surface area contributed by atoms with Crippen molar-refractivity contribution in [2.75, 3.05) is 6.54 Å². The fourth-order valence-corrected chi connectivity index (χ4v) is 2.84. The molecule has 0 spiro atoms. The Morgan fingerprint density at radius 2 is 2.24 bits per heavy atom. The summed E-state index contributed by atoms with van der Waals surface area (Å²) in [6, 6.07) is 2.50. The lowest BCUT2D eigenvalue weighted by Gasteiger charge is -2.23. The maximum absolute atomic E-state index is 5.92. The number of hydrogen-bond acceptors (Lipinski definition) is 4. The molecule has 114 valence electrons. The summed E-state index contributed by atoms with van der Waals surface area (Å²) in [4.78, 5) is 6.91. The molecule has 21 heavy (non-hydrogen) atoms. The van der Waals surface area contributed by atoms with Gasteiger partial charge in [0.05, 0.1) is 19.3 Å². The Morgan fingerprint density at radius 3 is 2.90 bits per heavy atom. The van der Waals surface area contributed by atoms with Gasteiger partial charge >= 0.3 is 0 Å². The largest absolute Gasteiger partial charge is 0.444 e. The van der Waals surface area contributed by atoms with Gasteiger partial charge in [0.1, 0.15) is 5.76 Å². The summed E-state index contributed by atoms with van der Waals surface area (Å²) in [6.07, 6.45) is 8.18. The molecule has 1 aliphatic heterocycles. The van der Waals surface area contributed by atoms with Gasteiger partial charge in [0.25, 0.3) is 0 Å². The Hall–Kier alpha value is -1.62. The summed E-state index contributed by atoms with van der Waals surface area (Å²) >= 11 is 0. The highest BCUT2D eigenvalue weighted by atomic mass is 16.4. The van der Waals surface area contributed by atoms with Crippen LogP contribution >= 0.6 is 0 Å². The Morgan fingerprint density at radius 1 is 1.38 bits per heavy atom. The second-order valence-corrected chi connectivity index (χ2v) is 6.86. The van der Waals surface area contributed by atoms with E-state index in [2.05, 4.69) is 35.8 Å². The molecule has 0 N–H and O–H groups in total. The third kappa shape index (κ3) is 3.35. The molecular weight excluding hydrogens is 264 g/mol. The van der Waals surface area contributed by atoms with Gasteiger partial charge in [-0.2, -0.15) is 5.10 Å². The first kappa shape index (κ1) is 14.3. The highest BCUT2D eigenvalue weighted by Crippen LogP contribution is 2.25. The number of rotatable bonds is 4. The SMILES string of the molecule is CC(C)(C)c1cnc(CN2CCC[C@H]2Cn2cccn2)o1. The van der Waals surface area contributed by atoms with Crippen molar-refractivity contribution >= 4 is 0 Å². The zero-order valence-corrected chi connectivity index (χ0v) is 13.1. The van der Waals surface area contributed by atoms with E-state index in [-0.39, 0.29) is 5.41 Å². The first-order chi connectivity index (χ1) is 10.0. The van der Waals surface area contributed by atoms with Gasteiger partial charge in [-0.3, -0.25) is 9.58 Å². The molecular formula is C16H24N4O. The van der Waals surface area contributed by atoms with Gasteiger partial charge in [-0.25, -0.2) is 4.98 Å². The predicted octanol–water partition coefficient (Wildman–Crippen LogP) is 2.83. The maximum Gasteiger partial charge on any atom is 0.208 e. The number of aromatic nitrogens is 3. The van der Waals surface area contributed by atoms with Crippen molar-refractivity contribution in [1.29, 1.82) is 0 Å². The van der Waals surface area contributed by atoms with Gasteiger partial charge in [0.2, 0.25) is 5.89 Å². The fourth-order valence-electron chi connectivity index (χ4n) is 2.84. The fraction of sp³-hybridized carbons (Fsp3) is 0.625. The zero-order chi connectivity index (χ0) is 14.9. The van der Waals surface area contributed by atoms with E-state index in [1.165, 1.54) is 12.8 Å². The second kappa shape index (κ2) is 5.64. The van der Waals surface area contributed by atoms with Crippen LogP contribution in [0.4, 0.5) is 0 Å². The number of nitrogens with zero attached hydrogens (tertiary/aromatic N) is 4. The summed E-state index contributed by atoms with van der Waals surface area (Å²) in [5.41, 5.74) is 0.0186. The third-order valence-corrected chi connectivity index (χ3v) is 4.09. The normalized spacial score (nSPS) is 20.2. The van der Waals surface area contributed by atoms with Gasteiger partial charge in [0.15, 0.2) is 0 Å². The maximum atomic E-state index is 5.92. The Kier molecular flexibility index (Phi) is 3.85. The Bertz CT molecular complexity index is 567. The molecule has 0 saturated carbocycles. The minimum atomic E-state index is 0.0186. The second-order valence-electron chi connectivity index (χ2n) is 6.86. The average Bonchev–Trinajstić information content (AvgIpc) is 3.12. The van der Waals surface area contributed by atoms with E-state index in [0.29, 0.717) is 6.04 Å². The molecule has 3 heterocycles. The standard InChI is InChI=1S/C16H24N4O/c1-16(2,3)14-10-17-15(21-14)12-19-8-4-6-13(19)11-20-9-5-7-18-20/h5,7,9-10,13H,4,6,8,11-12H2,1-3H3/t13-/m0/s1. The minimum Gasteiger partial charge on any atom is -0.444 e. The van der Waals surface area contributed by atoms with Crippen LogP contribution in [-0.2, 0) is 18.5 Å². The highest BCUT2D eigenvalue weighted by molar-refractivity contribution is 5.06. The number of oxazole rings is 1. The zero-order valence-electron chi connectivity index (χ0n) is 13.1. The molecule has 0 radical (unpaired) electrons. The molecule has 0 bridgehead atoms. The van der Waals surface area contributed by atoms with Crippen molar-refractivity contribution in [3.63, 3.8) is 0 Å². The first-order valence-corrected chi connectivity index (χ1v) is 7.69. The Labute approximate surface area is 126 Å². The van der Waals surface area contributed by atoms with E-state index in [9.17, 15) is 0 Å². The van der Waals surface area contributed by atoms with Crippen LogP contribution in [0.3, 0.4) is 0 Å². The monoisotopic (exact) mass is 288 g/mol.